The van der Waals surface area contributed by atoms with Crippen LogP contribution in [0.2, 0.25) is 0 Å². The number of amides is 1. The highest BCUT2D eigenvalue weighted by Gasteiger charge is 2.40. The summed E-state index contributed by atoms with van der Waals surface area (Å²) in [6.07, 6.45) is 3.94. The van der Waals surface area contributed by atoms with Crippen LogP contribution in [0.25, 0.3) is 0 Å². The number of ether oxygens (including phenoxy) is 1. The van der Waals surface area contributed by atoms with Crippen molar-refractivity contribution in [1.82, 2.24) is 4.90 Å². The molecule has 2 aliphatic rings. The number of benzene rings is 1. The van der Waals surface area contributed by atoms with Crippen LogP contribution in [-0.2, 0) is 16.1 Å². The molecule has 0 spiro atoms. The van der Waals surface area contributed by atoms with Gasteiger partial charge in [0.15, 0.2) is 0 Å². The number of hydrogen-bond donors (Lipinski definition) is 1. The fourth-order valence-electron chi connectivity index (χ4n) is 3.91. The number of anilines is 1. The topological polar surface area (TPSA) is 58.8 Å². The number of para-hydroxylation sites is 1. The van der Waals surface area contributed by atoms with Crippen molar-refractivity contribution >= 4 is 36.4 Å². The molecule has 0 radical (unpaired) electrons. The molecule has 0 atom stereocenters. The Kier molecular flexibility index (Phi) is 9.17. The summed E-state index contributed by atoms with van der Waals surface area (Å²) < 4.78 is 5.43. The van der Waals surface area contributed by atoms with Gasteiger partial charge >= 0.3 is 0 Å². The first-order chi connectivity index (χ1) is 11.7. The zero-order valence-electron chi connectivity index (χ0n) is 15.5. The Morgan fingerprint density at radius 2 is 1.81 bits per heavy atom. The molecule has 2 fully saturated rings. The molecule has 0 aliphatic carbocycles. The van der Waals surface area contributed by atoms with Crippen LogP contribution in [-0.4, -0.2) is 50.7 Å². The van der Waals surface area contributed by atoms with Crippen molar-refractivity contribution in [3.8, 4) is 0 Å². The largest absolute Gasteiger partial charge is 0.381 e. The van der Waals surface area contributed by atoms with Crippen LogP contribution < -0.4 is 10.6 Å². The molecule has 1 aromatic carbocycles. The fraction of sp³-hybridized carbons (Fsp3) is 0.632. The van der Waals surface area contributed by atoms with Gasteiger partial charge in [0, 0.05) is 52.1 Å². The molecule has 0 aromatic heterocycles. The van der Waals surface area contributed by atoms with E-state index in [1.165, 1.54) is 24.1 Å². The molecule has 26 heavy (non-hydrogen) atoms. The minimum atomic E-state index is -0.449. The summed E-state index contributed by atoms with van der Waals surface area (Å²) in [5, 5.41) is 0. The van der Waals surface area contributed by atoms with Crippen LogP contribution in [0.3, 0.4) is 0 Å². The van der Waals surface area contributed by atoms with Gasteiger partial charge in [-0.3, -0.25) is 4.79 Å². The third kappa shape index (κ3) is 4.83. The van der Waals surface area contributed by atoms with E-state index in [0.717, 1.165) is 25.9 Å². The third-order valence-electron chi connectivity index (χ3n) is 5.49. The van der Waals surface area contributed by atoms with E-state index in [1.807, 2.05) is 11.9 Å². The van der Waals surface area contributed by atoms with Crippen molar-refractivity contribution in [2.24, 2.45) is 11.1 Å². The summed E-state index contributed by atoms with van der Waals surface area (Å²) in [6, 6.07) is 8.45. The maximum atomic E-state index is 13.1. The standard InChI is InChI=1S/C19H29N3O2.2ClH/c1-21(18(23)19(15-20)8-12-24-13-9-19)14-16-6-2-3-7-17(16)22-10-4-5-11-22;;/h2-3,6-7H,4-5,8-15,20H2,1H3;2*1H. The zero-order valence-corrected chi connectivity index (χ0v) is 17.1. The molecular formula is C19H31Cl2N3O2. The van der Waals surface area contributed by atoms with E-state index in [-0.39, 0.29) is 30.7 Å². The Morgan fingerprint density at radius 1 is 1.19 bits per heavy atom. The van der Waals surface area contributed by atoms with Gasteiger partial charge in [0.2, 0.25) is 5.91 Å². The van der Waals surface area contributed by atoms with Crippen LogP contribution in [0.4, 0.5) is 5.69 Å². The Bertz CT molecular complexity index is 574. The van der Waals surface area contributed by atoms with Gasteiger partial charge in [0.1, 0.15) is 0 Å². The molecule has 1 aromatic rings. The molecule has 0 unspecified atom stereocenters. The highest BCUT2D eigenvalue weighted by Crippen LogP contribution is 2.32. The molecular weight excluding hydrogens is 373 g/mol. The molecule has 2 aliphatic heterocycles. The molecule has 7 heteroatoms. The lowest BCUT2D eigenvalue weighted by Gasteiger charge is -2.38. The lowest BCUT2D eigenvalue weighted by molar-refractivity contribution is -0.146. The fourth-order valence-corrected chi connectivity index (χ4v) is 3.91. The highest BCUT2D eigenvalue weighted by atomic mass is 35.5. The second-order valence-corrected chi connectivity index (χ2v) is 7.08. The van der Waals surface area contributed by atoms with Gasteiger partial charge in [-0.25, -0.2) is 0 Å². The summed E-state index contributed by atoms with van der Waals surface area (Å²) in [7, 11) is 1.90. The lowest BCUT2D eigenvalue weighted by Crippen LogP contribution is -2.49. The van der Waals surface area contributed by atoms with Crippen LogP contribution >= 0.6 is 24.8 Å². The van der Waals surface area contributed by atoms with Crippen LogP contribution in [0.15, 0.2) is 24.3 Å². The minimum Gasteiger partial charge on any atom is -0.381 e. The van der Waals surface area contributed by atoms with Gasteiger partial charge in [-0.2, -0.15) is 0 Å². The summed E-state index contributed by atoms with van der Waals surface area (Å²) >= 11 is 0. The Morgan fingerprint density at radius 3 is 2.42 bits per heavy atom. The van der Waals surface area contributed by atoms with Crippen molar-refractivity contribution in [3.05, 3.63) is 29.8 Å². The number of carbonyl (C=O) groups excluding carboxylic acids is 1. The van der Waals surface area contributed by atoms with E-state index in [0.29, 0.717) is 26.3 Å². The van der Waals surface area contributed by atoms with E-state index in [2.05, 4.69) is 29.2 Å². The Labute approximate surface area is 169 Å². The number of nitrogens with zero attached hydrogens (tertiary/aromatic N) is 2. The van der Waals surface area contributed by atoms with Crippen molar-refractivity contribution in [2.45, 2.75) is 32.2 Å². The van der Waals surface area contributed by atoms with E-state index in [4.69, 9.17) is 10.5 Å². The molecule has 2 saturated heterocycles. The van der Waals surface area contributed by atoms with E-state index >= 15 is 0 Å². The summed E-state index contributed by atoms with van der Waals surface area (Å²) in [5.41, 5.74) is 8.02. The van der Waals surface area contributed by atoms with E-state index < -0.39 is 5.41 Å². The molecule has 1 amide bonds. The minimum absolute atomic E-state index is 0. The van der Waals surface area contributed by atoms with Gasteiger partial charge in [-0.05, 0) is 37.3 Å². The van der Waals surface area contributed by atoms with Crippen LogP contribution in [0, 0.1) is 5.41 Å². The van der Waals surface area contributed by atoms with Gasteiger partial charge in [0.25, 0.3) is 0 Å². The van der Waals surface area contributed by atoms with Gasteiger partial charge in [-0.15, -0.1) is 24.8 Å². The first kappa shape index (κ1) is 23.0. The van der Waals surface area contributed by atoms with Gasteiger partial charge in [0.05, 0.1) is 5.41 Å². The monoisotopic (exact) mass is 403 g/mol. The van der Waals surface area contributed by atoms with Crippen molar-refractivity contribution < 1.29 is 9.53 Å². The average Bonchev–Trinajstić information content (AvgIpc) is 3.16. The molecule has 0 saturated carbocycles. The van der Waals surface area contributed by atoms with Gasteiger partial charge < -0.3 is 20.3 Å². The maximum absolute atomic E-state index is 13.1. The lowest BCUT2D eigenvalue weighted by atomic mass is 9.79. The van der Waals surface area contributed by atoms with Crippen LogP contribution in [0.5, 0.6) is 0 Å². The summed E-state index contributed by atoms with van der Waals surface area (Å²) in [4.78, 5) is 17.4. The maximum Gasteiger partial charge on any atom is 0.230 e. The van der Waals surface area contributed by atoms with E-state index in [9.17, 15) is 4.79 Å². The van der Waals surface area contributed by atoms with Crippen molar-refractivity contribution in [1.29, 1.82) is 0 Å². The first-order valence-electron chi connectivity index (χ1n) is 9.02. The number of rotatable bonds is 5. The predicted molar refractivity (Wildman–Crippen MR) is 110 cm³/mol. The quantitative estimate of drug-likeness (QED) is 0.820. The SMILES string of the molecule is CN(Cc1ccccc1N1CCCC1)C(=O)C1(CN)CCOCC1.Cl.Cl. The molecule has 2 N–H and O–H groups in total. The second-order valence-electron chi connectivity index (χ2n) is 7.08. The molecule has 3 rings (SSSR count). The number of nitrogens with two attached hydrogens (primary N) is 1. The van der Waals surface area contributed by atoms with Crippen molar-refractivity contribution in [2.75, 3.05) is 44.8 Å². The molecule has 2 heterocycles. The highest BCUT2D eigenvalue weighted by molar-refractivity contribution is 5.85. The third-order valence-corrected chi connectivity index (χ3v) is 5.49. The number of halogens is 2. The zero-order chi connectivity index (χ0) is 17.0. The molecule has 148 valence electrons. The Balaban J connectivity index is 0.00000169. The van der Waals surface area contributed by atoms with E-state index in [1.54, 1.807) is 0 Å². The molecule has 0 bridgehead atoms. The second kappa shape index (κ2) is 10.4. The summed E-state index contributed by atoms with van der Waals surface area (Å²) in [6.45, 7) is 4.50. The number of carbonyl (C=O) groups is 1. The molecule has 5 nitrogen and oxygen atoms in total. The first-order valence-corrected chi connectivity index (χ1v) is 9.02. The smallest absolute Gasteiger partial charge is 0.230 e. The van der Waals surface area contributed by atoms with Gasteiger partial charge in [-0.1, -0.05) is 18.2 Å². The predicted octanol–water partition coefficient (Wildman–Crippen LogP) is 2.84. The van der Waals surface area contributed by atoms with Crippen molar-refractivity contribution in [3.63, 3.8) is 0 Å². The number of hydrogen-bond acceptors (Lipinski definition) is 4. The normalized spacial score (nSPS) is 18.6. The van der Waals surface area contributed by atoms with Crippen LogP contribution in [0.1, 0.15) is 31.2 Å². The summed E-state index contributed by atoms with van der Waals surface area (Å²) in [5.74, 6) is 0.157. The average molecular weight is 404 g/mol. The Hall–Kier alpha value is -1.01.